The molecule has 47 heavy (non-hydrogen) atoms. The first-order chi connectivity index (χ1) is 22.4. The first-order valence-corrected chi connectivity index (χ1v) is 19.4. The van der Waals surface area contributed by atoms with Crippen LogP contribution in [0.4, 0.5) is 11.8 Å². The number of fused-ring (bicyclic) bond motifs is 5. The minimum Gasteiger partial charge on any atom is -0.386 e. The topological polar surface area (TPSA) is 268 Å². The van der Waals surface area contributed by atoms with E-state index in [4.69, 9.17) is 55.6 Å². The number of aromatic nitrogens is 7. The fourth-order valence-electron chi connectivity index (χ4n) is 5.82. The van der Waals surface area contributed by atoms with E-state index in [-0.39, 0.29) is 29.5 Å². The van der Waals surface area contributed by atoms with Gasteiger partial charge in [-0.15, -0.1) is 0 Å². The number of rotatable bonds is 4. The normalized spacial score (nSPS) is 36.6. The number of nitrogen functional groups attached to an aromatic ring is 2. The molecule has 4 aromatic rings. The highest BCUT2D eigenvalue weighted by atomic mass is 32.7. The molecule has 254 valence electrons. The summed E-state index contributed by atoms with van der Waals surface area (Å²) in [6.07, 6.45) is -5.39. The van der Waals surface area contributed by atoms with Gasteiger partial charge in [0.15, 0.2) is 23.6 Å². The summed E-state index contributed by atoms with van der Waals surface area (Å²) in [5.41, 5.74) is 11.5. The monoisotopic (exact) mass is 733 g/mol. The molecule has 3 aliphatic rings. The van der Waals surface area contributed by atoms with Crippen LogP contribution < -0.4 is 17.0 Å². The van der Waals surface area contributed by atoms with Gasteiger partial charge in [0.05, 0.1) is 24.9 Å². The molecule has 7 rings (SSSR count). The minimum atomic E-state index is -4.27. The zero-order valence-corrected chi connectivity index (χ0v) is 27.7. The van der Waals surface area contributed by atoms with Gasteiger partial charge in [-0.2, -0.15) is 4.98 Å². The van der Waals surface area contributed by atoms with E-state index in [2.05, 4.69) is 37.2 Å². The van der Waals surface area contributed by atoms with Crippen molar-refractivity contribution >= 4 is 71.5 Å². The molecule has 7 heterocycles. The fourth-order valence-corrected chi connectivity index (χ4v) is 8.71. The molecule has 4 aromatic heterocycles. The Kier molecular flexibility index (Phi) is 8.69. The summed E-state index contributed by atoms with van der Waals surface area (Å²) in [4.78, 5) is 42.6. The van der Waals surface area contributed by atoms with Gasteiger partial charge in [-0.1, -0.05) is 12.2 Å². The molecule has 0 amide bonds. The summed E-state index contributed by atoms with van der Waals surface area (Å²) in [7, 11) is 0. The van der Waals surface area contributed by atoms with Gasteiger partial charge in [-0.25, -0.2) is 19.5 Å². The van der Waals surface area contributed by atoms with Crippen molar-refractivity contribution in [2.45, 2.75) is 56.0 Å². The van der Waals surface area contributed by atoms with Crippen LogP contribution in [-0.4, -0.2) is 100 Å². The summed E-state index contributed by atoms with van der Waals surface area (Å²) < 4.78 is 57.9. The number of nitrogens with zero attached hydrogens (tertiary/aromatic N) is 6. The number of nitrogens with two attached hydrogens (primary N) is 2. The molecule has 3 saturated heterocycles. The van der Waals surface area contributed by atoms with Crippen LogP contribution in [0.15, 0.2) is 29.7 Å². The third-order valence-corrected chi connectivity index (χ3v) is 11.0. The lowest BCUT2D eigenvalue weighted by Crippen LogP contribution is -2.38. The van der Waals surface area contributed by atoms with Crippen LogP contribution in [0.25, 0.3) is 22.2 Å². The highest BCUT2D eigenvalue weighted by Crippen LogP contribution is 2.58. The zero-order chi connectivity index (χ0) is 33.2. The van der Waals surface area contributed by atoms with Gasteiger partial charge >= 0.3 is 13.5 Å². The second-order valence-electron chi connectivity index (χ2n) is 10.7. The summed E-state index contributed by atoms with van der Waals surface area (Å²) in [5.74, 6) is 0.0345. The second kappa shape index (κ2) is 12.4. The molecule has 24 heteroatoms. The number of hydrogen-bond donors (Lipinski definition) is 6. The van der Waals surface area contributed by atoms with E-state index in [0.29, 0.717) is 11.0 Å². The molecular weight excluding hydrogens is 704 g/mol. The Bertz CT molecular complexity index is 1980. The van der Waals surface area contributed by atoms with Crippen LogP contribution in [-0.2, 0) is 48.7 Å². The minimum absolute atomic E-state index is 0.0429. The first-order valence-electron chi connectivity index (χ1n) is 14.1. The maximum atomic E-state index is 13.6. The van der Waals surface area contributed by atoms with E-state index in [0.717, 1.165) is 0 Å². The van der Waals surface area contributed by atoms with Crippen molar-refractivity contribution in [2.24, 2.45) is 0 Å². The van der Waals surface area contributed by atoms with Crippen LogP contribution in [0, 0.1) is 0 Å². The lowest BCUT2D eigenvalue weighted by atomic mass is 10.1. The molecule has 0 spiro atoms. The lowest BCUT2D eigenvalue weighted by Gasteiger charge is -2.28. The summed E-state index contributed by atoms with van der Waals surface area (Å²) in [6, 6.07) is 1.64. The number of aliphatic hydroxyl groups excluding tert-OH is 1. The van der Waals surface area contributed by atoms with Gasteiger partial charge in [-0.3, -0.25) is 27.9 Å². The van der Waals surface area contributed by atoms with E-state index in [1.807, 2.05) is 0 Å². The van der Waals surface area contributed by atoms with E-state index < -0.39 is 81.4 Å². The molecule has 2 bridgehead atoms. The Morgan fingerprint density at radius 1 is 1.11 bits per heavy atom. The molecule has 4 unspecified atom stereocenters. The van der Waals surface area contributed by atoms with E-state index in [9.17, 15) is 19.4 Å². The van der Waals surface area contributed by atoms with E-state index in [1.165, 1.54) is 21.8 Å². The maximum Gasteiger partial charge on any atom is 0.386 e. The molecule has 7 N–H and O–H groups in total. The zero-order valence-electron chi connectivity index (χ0n) is 24.2. The van der Waals surface area contributed by atoms with Gasteiger partial charge in [-0.05, 0) is 24.8 Å². The second-order valence-corrected chi connectivity index (χ2v) is 16.4. The molecule has 0 aliphatic carbocycles. The highest BCUT2D eigenvalue weighted by Gasteiger charge is 2.53. The van der Waals surface area contributed by atoms with Crippen molar-refractivity contribution in [3.8, 4) is 0 Å². The Morgan fingerprint density at radius 2 is 1.87 bits per heavy atom. The predicted molar refractivity (Wildman–Crippen MR) is 168 cm³/mol. The van der Waals surface area contributed by atoms with E-state index >= 15 is 0 Å². The largest absolute Gasteiger partial charge is 0.386 e. The van der Waals surface area contributed by atoms with Crippen molar-refractivity contribution in [1.29, 1.82) is 0 Å². The molecular formula is C23H29N9O11P2S2. The number of ether oxygens (including phenoxy) is 3. The Balaban J connectivity index is 1.23. The van der Waals surface area contributed by atoms with Crippen LogP contribution in [0.5, 0.6) is 0 Å². The fraction of sp³-hybridized carbons (Fsp3) is 0.522. The molecule has 3 aliphatic heterocycles. The Morgan fingerprint density at radius 3 is 2.66 bits per heavy atom. The van der Waals surface area contributed by atoms with Crippen LogP contribution in [0.1, 0.15) is 19.4 Å². The predicted octanol–water partition coefficient (Wildman–Crippen LogP) is 0.362. The van der Waals surface area contributed by atoms with Crippen molar-refractivity contribution < 1.29 is 46.9 Å². The molecule has 10 atom stereocenters. The van der Waals surface area contributed by atoms with Gasteiger partial charge in [0, 0.05) is 12.8 Å². The van der Waals surface area contributed by atoms with E-state index in [1.54, 1.807) is 19.2 Å². The van der Waals surface area contributed by atoms with Gasteiger partial charge in [0.25, 0.3) is 5.56 Å². The van der Waals surface area contributed by atoms with Crippen molar-refractivity contribution in [3.05, 3.63) is 35.3 Å². The summed E-state index contributed by atoms with van der Waals surface area (Å²) in [6.45, 7) is -7.47. The SMILES string of the molecule is CCO[C@@H]1C2OP(O)(=S)OC[C@H]3O[C@@H](n4ccc5c(N)ncnc54)[C@@H](O)C3OP(=O)(S)OC[C@H]1O[C@H]2n1cnc2c(=O)[nH]c(N)nc21. The molecule has 0 radical (unpaired) electrons. The number of imidazole rings is 1. The summed E-state index contributed by atoms with van der Waals surface area (Å²) in [5, 5.41) is 11.9. The Labute approximate surface area is 274 Å². The first kappa shape index (κ1) is 33.0. The quantitative estimate of drug-likeness (QED) is 0.122. The number of aromatic amines is 1. The van der Waals surface area contributed by atoms with Gasteiger partial charge < -0.3 is 44.8 Å². The van der Waals surface area contributed by atoms with Crippen LogP contribution in [0.3, 0.4) is 0 Å². The molecule has 3 fully saturated rings. The number of anilines is 2. The third-order valence-electron chi connectivity index (χ3n) is 7.81. The number of thiol groups is 1. The van der Waals surface area contributed by atoms with Gasteiger partial charge in [0.1, 0.15) is 54.4 Å². The molecule has 0 aromatic carbocycles. The number of hydrogen-bond acceptors (Lipinski definition) is 17. The van der Waals surface area contributed by atoms with Crippen LogP contribution >= 0.6 is 25.8 Å². The van der Waals surface area contributed by atoms with Crippen molar-refractivity contribution in [3.63, 3.8) is 0 Å². The van der Waals surface area contributed by atoms with Crippen molar-refractivity contribution in [2.75, 3.05) is 31.3 Å². The number of aliphatic hydroxyl groups is 1. The average Bonchev–Trinajstić information content (AvgIpc) is 3.76. The maximum absolute atomic E-state index is 13.6. The molecule has 0 saturated carbocycles. The smallest absolute Gasteiger partial charge is 0.386 e. The average molecular weight is 734 g/mol. The van der Waals surface area contributed by atoms with Crippen LogP contribution in [0.2, 0.25) is 0 Å². The number of H-pyrrole nitrogens is 1. The lowest BCUT2D eigenvalue weighted by molar-refractivity contribution is -0.0602. The highest BCUT2D eigenvalue weighted by molar-refractivity contribution is 8.44. The summed E-state index contributed by atoms with van der Waals surface area (Å²) >= 11 is 9.56. The Hall–Kier alpha value is -2.56. The third kappa shape index (κ3) is 6.12. The number of nitrogens with one attached hydrogen (secondary N) is 1. The molecule has 20 nitrogen and oxygen atoms in total. The van der Waals surface area contributed by atoms with Crippen molar-refractivity contribution in [1.82, 2.24) is 34.1 Å². The standard InChI is InChI=1S/C23H29N9O11P2S2/c1-2-37-15-11-6-39-44(35,46)42-14-10(40-21(13(14)33)31-4-3-9-17(24)26-7-27-18(9)31)5-38-45(36,47)43-16(15)22(41-11)32-8-28-12-19(32)29-23(25)30-20(12)34/h3-4,7-8,10-11,13-16,21-22,33H,2,5-6H2,1H3,(H,35,46)(H,36,47)(H2,24,26,27)(H3,25,29,30,34)/t10-,11-,13+,14?,15+,16?,21-,22-,44?,45?/m1/s1. The van der Waals surface area contributed by atoms with Gasteiger partial charge in [0.2, 0.25) is 5.95 Å².